The maximum Gasteiger partial charge on any atom is 0.161 e. The van der Waals surface area contributed by atoms with E-state index in [0.717, 1.165) is 24.0 Å². The summed E-state index contributed by atoms with van der Waals surface area (Å²) in [7, 11) is 0. The molecule has 82 valence electrons. The minimum atomic E-state index is 0.0538. The zero-order valence-corrected chi connectivity index (χ0v) is 9.16. The van der Waals surface area contributed by atoms with Crippen molar-refractivity contribution in [2.24, 2.45) is 0 Å². The number of phenols is 2. The number of hydrogen-bond donors (Lipinski definition) is 2. The second-order valence-corrected chi connectivity index (χ2v) is 4.50. The lowest BCUT2D eigenvalue weighted by Crippen LogP contribution is -2.04. The Hall–Kier alpha value is -1.18. The minimum absolute atomic E-state index is 0.0538. The van der Waals surface area contributed by atoms with E-state index in [4.69, 9.17) is 0 Å². The highest BCUT2D eigenvalue weighted by Crippen LogP contribution is 2.41. The predicted molar refractivity (Wildman–Crippen MR) is 60.3 cm³/mol. The van der Waals surface area contributed by atoms with Gasteiger partial charge in [-0.2, -0.15) is 0 Å². The first-order valence-corrected chi connectivity index (χ1v) is 5.71. The van der Waals surface area contributed by atoms with Crippen LogP contribution in [0, 0.1) is 6.92 Å². The van der Waals surface area contributed by atoms with Crippen LogP contribution in [0.2, 0.25) is 0 Å². The molecule has 0 aromatic heterocycles. The van der Waals surface area contributed by atoms with E-state index in [1.54, 1.807) is 6.92 Å². The summed E-state index contributed by atoms with van der Waals surface area (Å²) in [4.78, 5) is 0. The van der Waals surface area contributed by atoms with Gasteiger partial charge in [0.1, 0.15) is 0 Å². The minimum Gasteiger partial charge on any atom is -0.504 e. The fourth-order valence-corrected chi connectivity index (χ4v) is 2.44. The largest absolute Gasteiger partial charge is 0.504 e. The Morgan fingerprint density at radius 2 is 1.67 bits per heavy atom. The number of aromatic hydroxyl groups is 2. The molecule has 0 saturated heterocycles. The van der Waals surface area contributed by atoms with Gasteiger partial charge in [-0.1, -0.05) is 31.4 Å². The van der Waals surface area contributed by atoms with E-state index < -0.39 is 0 Å². The molecule has 0 radical (unpaired) electrons. The third-order valence-electron chi connectivity index (χ3n) is 3.43. The number of benzene rings is 1. The average Bonchev–Trinajstić information content (AvgIpc) is 2.27. The molecule has 2 rings (SSSR count). The fraction of sp³-hybridized carbons (Fsp3) is 0.538. The normalized spacial score (nSPS) is 17.9. The van der Waals surface area contributed by atoms with Gasteiger partial charge in [-0.15, -0.1) is 0 Å². The topological polar surface area (TPSA) is 40.5 Å². The Bertz CT molecular complexity index is 352. The highest BCUT2D eigenvalue weighted by atomic mass is 16.3. The summed E-state index contributed by atoms with van der Waals surface area (Å²) in [5.41, 5.74) is 1.67. The van der Waals surface area contributed by atoms with Crippen molar-refractivity contribution in [1.29, 1.82) is 0 Å². The van der Waals surface area contributed by atoms with Crippen LogP contribution in [-0.2, 0) is 0 Å². The molecule has 0 spiro atoms. The zero-order valence-electron chi connectivity index (χ0n) is 9.16. The SMILES string of the molecule is Cc1ccc(C2CCCCC2)c(O)c1O. The fourth-order valence-electron chi connectivity index (χ4n) is 2.44. The molecule has 0 unspecified atom stereocenters. The van der Waals surface area contributed by atoms with Crippen LogP contribution in [0.3, 0.4) is 0 Å². The maximum atomic E-state index is 9.88. The van der Waals surface area contributed by atoms with E-state index in [2.05, 4.69) is 0 Å². The van der Waals surface area contributed by atoms with Crippen LogP contribution in [0.1, 0.15) is 49.1 Å². The Labute approximate surface area is 90.6 Å². The molecule has 0 aliphatic heterocycles. The highest BCUT2D eigenvalue weighted by molar-refractivity contribution is 5.50. The van der Waals surface area contributed by atoms with Crippen LogP contribution < -0.4 is 0 Å². The van der Waals surface area contributed by atoms with Crippen LogP contribution in [-0.4, -0.2) is 10.2 Å². The van der Waals surface area contributed by atoms with Crippen molar-refractivity contribution in [2.75, 3.05) is 0 Å². The molecule has 2 heteroatoms. The van der Waals surface area contributed by atoms with Gasteiger partial charge < -0.3 is 10.2 Å². The second kappa shape index (κ2) is 4.13. The Morgan fingerprint density at radius 3 is 2.33 bits per heavy atom. The summed E-state index contributed by atoms with van der Waals surface area (Å²) >= 11 is 0. The van der Waals surface area contributed by atoms with E-state index in [0.29, 0.717) is 5.92 Å². The monoisotopic (exact) mass is 206 g/mol. The molecule has 2 nitrogen and oxygen atoms in total. The third kappa shape index (κ3) is 1.94. The van der Waals surface area contributed by atoms with Gasteiger partial charge in [0.2, 0.25) is 0 Å². The first-order chi connectivity index (χ1) is 7.20. The van der Waals surface area contributed by atoms with E-state index in [1.807, 2.05) is 12.1 Å². The molecule has 0 heterocycles. The molecule has 1 aromatic rings. The van der Waals surface area contributed by atoms with Crippen LogP contribution in [0.5, 0.6) is 11.5 Å². The van der Waals surface area contributed by atoms with Gasteiger partial charge in [0.05, 0.1) is 0 Å². The number of aryl methyl sites for hydroxylation is 1. The molecule has 0 amide bonds. The van der Waals surface area contributed by atoms with Crippen molar-refractivity contribution in [2.45, 2.75) is 44.9 Å². The third-order valence-corrected chi connectivity index (χ3v) is 3.43. The van der Waals surface area contributed by atoms with Crippen LogP contribution in [0.4, 0.5) is 0 Å². The summed E-state index contributed by atoms with van der Waals surface area (Å²) in [6, 6.07) is 3.85. The summed E-state index contributed by atoms with van der Waals surface area (Å²) in [6.07, 6.45) is 6.04. The van der Waals surface area contributed by atoms with Gasteiger partial charge in [0.25, 0.3) is 0 Å². The van der Waals surface area contributed by atoms with E-state index in [-0.39, 0.29) is 11.5 Å². The number of rotatable bonds is 1. The zero-order chi connectivity index (χ0) is 10.8. The van der Waals surface area contributed by atoms with Gasteiger partial charge in [-0.05, 0) is 31.2 Å². The van der Waals surface area contributed by atoms with Crippen LogP contribution >= 0.6 is 0 Å². The van der Waals surface area contributed by atoms with Crippen LogP contribution in [0.15, 0.2) is 12.1 Å². The lowest BCUT2D eigenvalue weighted by atomic mass is 9.83. The van der Waals surface area contributed by atoms with Gasteiger partial charge in [0.15, 0.2) is 11.5 Å². The number of phenolic OH excluding ortho intramolecular Hbond substituents is 2. The first kappa shape index (κ1) is 10.3. The van der Waals surface area contributed by atoms with E-state index in [1.165, 1.54) is 19.3 Å². The van der Waals surface area contributed by atoms with Crippen molar-refractivity contribution in [3.8, 4) is 11.5 Å². The maximum absolute atomic E-state index is 9.88. The average molecular weight is 206 g/mol. The van der Waals surface area contributed by atoms with Crippen molar-refractivity contribution >= 4 is 0 Å². The van der Waals surface area contributed by atoms with Crippen molar-refractivity contribution in [1.82, 2.24) is 0 Å². The number of hydrogen-bond acceptors (Lipinski definition) is 2. The summed E-state index contributed by atoms with van der Waals surface area (Å²) in [5.74, 6) is 0.588. The summed E-state index contributed by atoms with van der Waals surface area (Å²) in [5, 5.41) is 19.5. The van der Waals surface area contributed by atoms with Crippen LogP contribution in [0.25, 0.3) is 0 Å². The van der Waals surface area contributed by atoms with E-state index in [9.17, 15) is 10.2 Å². The summed E-state index contributed by atoms with van der Waals surface area (Å²) < 4.78 is 0. The smallest absolute Gasteiger partial charge is 0.161 e. The molecule has 15 heavy (non-hydrogen) atoms. The molecule has 1 aromatic carbocycles. The standard InChI is InChI=1S/C13H18O2/c1-9-7-8-11(13(15)12(9)14)10-5-3-2-4-6-10/h7-8,10,14-15H,2-6H2,1H3. The second-order valence-electron chi connectivity index (χ2n) is 4.50. The molecule has 2 N–H and O–H groups in total. The van der Waals surface area contributed by atoms with Crippen molar-refractivity contribution in [3.05, 3.63) is 23.3 Å². The molecular weight excluding hydrogens is 188 g/mol. The van der Waals surface area contributed by atoms with Gasteiger partial charge in [-0.3, -0.25) is 0 Å². The Balaban J connectivity index is 2.31. The molecule has 0 atom stereocenters. The molecule has 1 fully saturated rings. The molecule has 1 aliphatic rings. The van der Waals surface area contributed by atoms with Crippen molar-refractivity contribution < 1.29 is 10.2 Å². The van der Waals surface area contributed by atoms with E-state index >= 15 is 0 Å². The Kier molecular flexibility index (Phi) is 2.85. The summed E-state index contributed by atoms with van der Waals surface area (Å²) in [6.45, 7) is 1.81. The quantitative estimate of drug-likeness (QED) is 0.691. The first-order valence-electron chi connectivity index (χ1n) is 5.71. The van der Waals surface area contributed by atoms with Gasteiger partial charge in [0, 0.05) is 5.56 Å². The Morgan fingerprint density at radius 1 is 1.00 bits per heavy atom. The van der Waals surface area contributed by atoms with Crippen molar-refractivity contribution in [3.63, 3.8) is 0 Å². The molecular formula is C13H18O2. The lowest BCUT2D eigenvalue weighted by molar-refractivity contribution is 0.379. The molecule has 0 bridgehead atoms. The lowest BCUT2D eigenvalue weighted by Gasteiger charge is -2.23. The highest BCUT2D eigenvalue weighted by Gasteiger charge is 2.20. The van der Waals surface area contributed by atoms with Gasteiger partial charge in [-0.25, -0.2) is 0 Å². The molecule has 1 saturated carbocycles. The van der Waals surface area contributed by atoms with Gasteiger partial charge >= 0.3 is 0 Å². The predicted octanol–water partition coefficient (Wildman–Crippen LogP) is 3.45. The molecule has 1 aliphatic carbocycles.